The number of aromatic nitrogens is 4. The Morgan fingerprint density at radius 2 is 0.627 bits per heavy atom. The summed E-state index contributed by atoms with van der Waals surface area (Å²) in [6.45, 7) is 0. The summed E-state index contributed by atoms with van der Waals surface area (Å²) >= 11 is 0. The van der Waals surface area contributed by atoms with Crippen molar-refractivity contribution in [2.45, 2.75) is 0 Å². The summed E-state index contributed by atoms with van der Waals surface area (Å²) in [6.07, 6.45) is 0. The van der Waals surface area contributed by atoms with E-state index in [0.29, 0.717) is 56.0 Å². The van der Waals surface area contributed by atoms with Gasteiger partial charge in [0, 0.05) is 54.6 Å². The van der Waals surface area contributed by atoms with Crippen molar-refractivity contribution in [2.24, 2.45) is 0 Å². The van der Waals surface area contributed by atoms with Gasteiger partial charge >= 0.3 is 0 Å². The Labute approximate surface area is 428 Å². The number of hydrogen-bond acceptors (Lipinski definition) is 7. The highest BCUT2D eigenvalue weighted by Crippen LogP contribution is 2.55. The molecule has 13 aromatic rings. The van der Waals surface area contributed by atoms with Crippen LogP contribution in [0.3, 0.4) is 0 Å². The van der Waals surface area contributed by atoms with Crippen molar-refractivity contribution in [3.8, 4) is 86.9 Å². The third-order valence-electron chi connectivity index (χ3n) is 14.2. The maximum Gasteiger partial charge on any atom is 0.142 e. The van der Waals surface area contributed by atoms with E-state index < -0.39 is 0 Å². The first-order chi connectivity index (χ1) is 37.0. The quantitative estimate of drug-likeness (QED) is 0.160. The highest BCUT2D eigenvalue weighted by molar-refractivity contribution is 6.18. The van der Waals surface area contributed by atoms with Crippen molar-refractivity contribution in [2.75, 3.05) is 0 Å². The zero-order valence-corrected chi connectivity index (χ0v) is 39.4. The average molecular weight is 953 g/mol. The first-order valence-corrected chi connectivity index (χ1v) is 23.9. The minimum Gasteiger partial charge on any atom is -0.308 e. The van der Waals surface area contributed by atoms with Gasteiger partial charge in [0.05, 0.1) is 96.7 Å². The van der Waals surface area contributed by atoms with Crippen LogP contribution in [-0.4, -0.2) is 18.7 Å². The normalized spacial score (nSPS) is 11.1. The molecule has 4 heterocycles. The lowest BCUT2D eigenvalue weighted by atomic mass is 9.83. The number of pyridine rings is 1. The van der Waals surface area contributed by atoms with Gasteiger partial charge in [-0.25, -0.2) is 4.98 Å². The molecule has 0 radical (unpaired) electrons. The van der Waals surface area contributed by atoms with Gasteiger partial charge in [0.2, 0.25) is 0 Å². The molecule has 342 valence electrons. The lowest BCUT2D eigenvalue weighted by molar-refractivity contribution is 1.10. The molecule has 10 nitrogen and oxygen atoms in total. The predicted molar refractivity (Wildman–Crippen MR) is 292 cm³/mol. The number of nitriles is 6. The van der Waals surface area contributed by atoms with Crippen molar-refractivity contribution >= 4 is 65.4 Å². The first kappa shape index (κ1) is 43.5. The van der Waals surface area contributed by atoms with Crippen molar-refractivity contribution in [3.63, 3.8) is 0 Å². The molecule has 13 rings (SSSR count). The summed E-state index contributed by atoms with van der Waals surface area (Å²) in [5, 5.41) is 71.3. The first-order valence-electron chi connectivity index (χ1n) is 23.9. The maximum atomic E-state index is 11.5. The van der Waals surface area contributed by atoms with Gasteiger partial charge in [-0.05, 0) is 96.1 Å². The van der Waals surface area contributed by atoms with Gasteiger partial charge in [-0.3, -0.25) is 0 Å². The molecule has 0 amide bonds. The number of fused-ring (bicyclic) bond motifs is 9. The molecule has 0 spiro atoms. The largest absolute Gasteiger partial charge is 0.308 e. The molecule has 0 aliphatic heterocycles. The lowest BCUT2D eigenvalue weighted by Gasteiger charge is -2.31. The summed E-state index contributed by atoms with van der Waals surface area (Å²) in [5.41, 5.74) is 10.4. The van der Waals surface area contributed by atoms with Gasteiger partial charge in [-0.15, -0.1) is 0 Å². The number of para-hydroxylation sites is 6. The minimum absolute atomic E-state index is 0.0117. The molecule has 0 fully saturated rings. The molecular formula is C65H32N10. The van der Waals surface area contributed by atoms with Crippen LogP contribution in [-0.2, 0) is 0 Å². The van der Waals surface area contributed by atoms with Gasteiger partial charge in [0.25, 0.3) is 0 Å². The van der Waals surface area contributed by atoms with Crippen molar-refractivity contribution < 1.29 is 0 Å². The molecule has 75 heavy (non-hydrogen) atoms. The molecule has 0 unspecified atom stereocenters. The number of nitrogens with zero attached hydrogens (tertiary/aromatic N) is 10. The fraction of sp³-hybridized carbons (Fsp3) is 0. The Morgan fingerprint density at radius 3 is 0.960 bits per heavy atom. The van der Waals surface area contributed by atoms with Crippen LogP contribution >= 0.6 is 0 Å². The number of benzene rings is 9. The molecular weight excluding hydrogens is 921 g/mol. The molecule has 0 saturated heterocycles. The average Bonchev–Trinajstić information content (AvgIpc) is 4.12. The second-order valence-corrected chi connectivity index (χ2v) is 18.1. The van der Waals surface area contributed by atoms with E-state index in [2.05, 4.69) is 128 Å². The fourth-order valence-electron chi connectivity index (χ4n) is 11.3. The van der Waals surface area contributed by atoms with Gasteiger partial charge in [-0.2, -0.15) is 31.6 Å². The molecule has 0 saturated carbocycles. The van der Waals surface area contributed by atoms with E-state index in [4.69, 9.17) is 0 Å². The van der Waals surface area contributed by atoms with Crippen molar-refractivity contribution in [1.29, 1.82) is 31.6 Å². The number of hydrogen-bond donors (Lipinski definition) is 0. The summed E-state index contributed by atoms with van der Waals surface area (Å²) in [4.78, 5) is 4.47. The molecule has 4 aromatic heterocycles. The second kappa shape index (κ2) is 17.1. The Morgan fingerprint density at radius 1 is 0.293 bits per heavy atom. The second-order valence-electron chi connectivity index (χ2n) is 18.1. The van der Waals surface area contributed by atoms with Crippen LogP contribution in [0.2, 0.25) is 0 Å². The molecule has 0 atom stereocenters. The smallest absolute Gasteiger partial charge is 0.142 e. The zero-order valence-electron chi connectivity index (χ0n) is 39.4. The molecule has 0 bridgehead atoms. The third kappa shape index (κ3) is 6.50. The summed E-state index contributed by atoms with van der Waals surface area (Å²) in [7, 11) is 0. The molecule has 10 heteroatoms. The van der Waals surface area contributed by atoms with Crippen LogP contribution in [0.4, 0.5) is 0 Å². The van der Waals surface area contributed by atoms with Gasteiger partial charge < -0.3 is 13.7 Å². The van der Waals surface area contributed by atoms with Crippen molar-refractivity contribution in [1.82, 2.24) is 18.7 Å². The van der Waals surface area contributed by atoms with Crippen molar-refractivity contribution in [3.05, 3.63) is 228 Å². The van der Waals surface area contributed by atoms with Crippen LogP contribution in [0, 0.1) is 68.0 Å². The molecule has 9 aromatic carbocycles. The zero-order chi connectivity index (χ0) is 50.9. The Kier molecular flexibility index (Phi) is 9.92. The monoisotopic (exact) mass is 952 g/mol. The number of rotatable bonds is 6. The highest BCUT2D eigenvalue weighted by Gasteiger charge is 2.35. The maximum absolute atomic E-state index is 11.5. The standard InChI is InChI=1S/C65H32N10/c66-33-39-25-26-42(36-69)53(30-39)62-64(74-56-21-9-3-15-49(56)50-16-4-10-22-57(50)74)60(43-28-40(34-67)27-41(29-43)35-68)63(73-54-19-7-1-13-47(54)48-14-2-8-20-55(48)73)61(44-31-45(37-70)72-46(32-44)38-71)65(62)75-58-23-11-5-17-51(58)52-18-6-12-24-59(52)75/h1-32H. The van der Waals surface area contributed by atoms with E-state index in [9.17, 15) is 31.6 Å². The van der Waals surface area contributed by atoms with Crippen LogP contribution in [0.5, 0.6) is 0 Å². The SMILES string of the molecule is N#Cc1cc(C#N)cc(-c2c(-n3c4ccccc4c4ccccc43)c(-c3cc(C#N)nc(C#N)c3)c(-n3c4ccccc4c4ccccc43)c(-c3cc(C#N)ccc3C#N)c2-n2c3ccccc3c3ccccc32)c1. The lowest BCUT2D eigenvalue weighted by Crippen LogP contribution is -2.14. The summed E-state index contributed by atoms with van der Waals surface area (Å²) < 4.78 is 6.60. The van der Waals surface area contributed by atoms with E-state index in [1.807, 2.05) is 72.8 Å². The van der Waals surface area contributed by atoms with E-state index >= 15 is 0 Å². The minimum atomic E-state index is -0.0117. The highest BCUT2D eigenvalue weighted by atomic mass is 15.1. The predicted octanol–water partition coefficient (Wildman–Crippen LogP) is 14.6. The summed E-state index contributed by atoms with van der Waals surface area (Å²) in [6, 6.07) is 76.2. The molecule has 0 aliphatic carbocycles. The van der Waals surface area contributed by atoms with Gasteiger partial charge in [0.1, 0.15) is 23.5 Å². The Hall–Kier alpha value is -11.5. The van der Waals surface area contributed by atoms with Crippen LogP contribution < -0.4 is 0 Å². The van der Waals surface area contributed by atoms with Gasteiger partial charge in [0.15, 0.2) is 0 Å². The van der Waals surface area contributed by atoms with E-state index in [-0.39, 0.29) is 28.1 Å². The van der Waals surface area contributed by atoms with E-state index in [1.165, 1.54) is 0 Å². The molecule has 0 aliphatic rings. The van der Waals surface area contributed by atoms with Gasteiger partial charge in [-0.1, -0.05) is 109 Å². The third-order valence-corrected chi connectivity index (χ3v) is 14.2. The van der Waals surface area contributed by atoms with Crippen LogP contribution in [0.1, 0.15) is 33.6 Å². The topological polar surface area (TPSA) is 170 Å². The van der Waals surface area contributed by atoms with Crippen LogP contribution in [0.25, 0.3) is 116 Å². The Bertz CT molecular complexity index is 4490. The fourth-order valence-corrected chi connectivity index (χ4v) is 11.3. The van der Waals surface area contributed by atoms with E-state index in [0.717, 1.165) is 65.4 Å². The summed E-state index contributed by atoms with van der Waals surface area (Å²) in [5.74, 6) is 0. The van der Waals surface area contributed by atoms with E-state index in [1.54, 1.807) is 48.5 Å². The van der Waals surface area contributed by atoms with Crippen LogP contribution in [0.15, 0.2) is 194 Å². The Balaban J connectivity index is 1.48. The molecule has 0 N–H and O–H groups in total.